The van der Waals surface area contributed by atoms with Crippen LogP contribution in [-0.2, 0) is 0 Å². The van der Waals surface area contributed by atoms with Gasteiger partial charge in [-0.05, 0) is 55.9 Å². The Morgan fingerprint density at radius 3 is 2.39 bits per heavy atom. The van der Waals surface area contributed by atoms with Gasteiger partial charge in [-0.1, -0.05) is 12.1 Å². The van der Waals surface area contributed by atoms with Gasteiger partial charge in [0, 0.05) is 5.56 Å². The predicted octanol–water partition coefficient (Wildman–Crippen LogP) is 2.74. The van der Waals surface area contributed by atoms with Gasteiger partial charge in [0.1, 0.15) is 5.75 Å². The van der Waals surface area contributed by atoms with Crippen molar-refractivity contribution in [2.75, 3.05) is 0 Å². The van der Waals surface area contributed by atoms with Crippen LogP contribution in [0.1, 0.15) is 38.2 Å². The first kappa shape index (κ1) is 12.7. The first-order chi connectivity index (χ1) is 8.69. The molecule has 0 aromatic heterocycles. The van der Waals surface area contributed by atoms with E-state index in [0.29, 0.717) is 11.7 Å². The first-order valence-corrected chi connectivity index (χ1v) is 6.43. The highest BCUT2D eigenvalue weighted by Gasteiger charge is 2.19. The van der Waals surface area contributed by atoms with E-state index >= 15 is 0 Å². The monoisotopic (exact) mass is 248 g/mol. The SMILES string of the molecule is CC1CCC(Oc2ccc(/C(N)=N/O)cc2)CC1. The van der Waals surface area contributed by atoms with Crippen LogP contribution in [0.2, 0.25) is 0 Å². The number of hydrogen-bond donors (Lipinski definition) is 2. The summed E-state index contributed by atoms with van der Waals surface area (Å²) < 4.78 is 5.93. The maximum atomic E-state index is 8.58. The van der Waals surface area contributed by atoms with E-state index in [1.165, 1.54) is 12.8 Å². The van der Waals surface area contributed by atoms with Crippen molar-refractivity contribution >= 4 is 5.84 Å². The normalized spacial score (nSPS) is 24.8. The summed E-state index contributed by atoms with van der Waals surface area (Å²) in [6, 6.07) is 7.34. The third-order valence-corrected chi connectivity index (χ3v) is 3.52. The van der Waals surface area contributed by atoms with Crippen molar-refractivity contribution in [3.63, 3.8) is 0 Å². The Morgan fingerprint density at radius 1 is 1.22 bits per heavy atom. The number of rotatable bonds is 3. The summed E-state index contributed by atoms with van der Waals surface area (Å²) in [6.07, 6.45) is 5.07. The fraction of sp³-hybridized carbons (Fsp3) is 0.500. The highest BCUT2D eigenvalue weighted by Crippen LogP contribution is 2.27. The average Bonchev–Trinajstić information content (AvgIpc) is 2.41. The fourth-order valence-corrected chi connectivity index (χ4v) is 2.30. The van der Waals surface area contributed by atoms with Crippen LogP contribution in [0.4, 0.5) is 0 Å². The number of oxime groups is 1. The molecule has 1 saturated carbocycles. The van der Waals surface area contributed by atoms with Gasteiger partial charge in [0.05, 0.1) is 6.10 Å². The van der Waals surface area contributed by atoms with Gasteiger partial charge in [-0.2, -0.15) is 0 Å². The van der Waals surface area contributed by atoms with Gasteiger partial charge in [-0.25, -0.2) is 0 Å². The smallest absolute Gasteiger partial charge is 0.170 e. The number of ether oxygens (including phenoxy) is 1. The Bertz CT molecular complexity index is 406. The van der Waals surface area contributed by atoms with Crippen LogP contribution in [0.3, 0.4) is 0 Å². The molecule has 1 aliphatic carbocycles. The van der Waals surface area contributed by atoms with Crippen molar-refractivity contribution in [3.05, 3.63) is 29.8 Å². The second kappa shape index (κ2) is 5.76. The molecule has 0 unspecified atom stereocenters. The maximum absolute atomic E-state index is 8.58. The lowest BCUT2D eigenvalue weighted by molar-refractivity contribution is 0.135. The summed E-state index contributed by atoms with van der Waals surface area (Å²) in [5.41, 5.74) is 6.20. The third kappa shape index (κ3) is 3.15. The number of benzene rings is 1. The van der Waals surface area contributed by atoms with Gasteiger partial charge in [-0.3, -0.25) is 0 Å². The second-order valence-electron chi connectivity index (χ2n) is 5.01. The molecule has 0 heterocycles. The second-order valence-corrected chi connectivity index (χ2v) is 5.01. The van der Waals surface area contributed by atoms with E-state index in [4.69, 9.17) is 15.7 Å². The van der Waals surface area contributed by atoms with Crippen LogP contribution in [0.25, 0.3) is 0 Å². The Balaban J connectivity index is 1.94. The van der Waals surface area contributed by atoms with E-state index in [2.05, 4.69) is 12.1 Å². The topological polar surface area (TPSA) is 67.8 Å². The van der Waals surface area contributed by atoms with Crippen molar-refractivity contribution in [2.24, 2.45) is 16.8 Å². The largest absolute Gasteiger partial charge is 0.490 e. The van der Waals surface area contributed by atoms with Crippen molar-refractivity contribution in [1.29, 1.82) is 0 Å². The number of amidine groups is 1. The van der Waals surface area contributed by atoms with Crippen LogP contribution in [-0.4, -0.2) is 17.1 Å². The fourth-order valence-electron chi connectivity index (χ4n) is 2.30. The van der Waals surface area contributed by atoms with Crippen LogP contribution >= 0.6 is 0 Å². The molecule has 0 radical (unpaired) electrons. The molecular formula is C14H20N2O2. The standard InChI is InChI=1S/C14H20N2O2/c1-10-2-6-12(7-3-10)18-13-8-4-11(5-9-13)14(15)16-17/h4-5,8-10,12,17H,2-3,6-7H2,1H3,(H2,15,16). The van der Waals surface area contributed by atoms with E-state index in [1.54, 1.807) is 12.1 Å². The van der Waals surface area contributed by atoms with Gasteiger partial charge >= 0.3 is 0 Å². The average molecular weight is 248 g/mol. The third-order valence-electron chi connectivity index (χ3n) is 3.52. The van der Waals surface area contributed by atoms with Gasteiger partial charge in [0.15, 0.2) is 5.84 Å². The first-order valence-electron chi connectivity index (χ1n) is 6.43. The Kier molecular flexibility index (Phi) is 4.07. The summed E-state index contributed by atoms with van der Waals surface area (Å²) in [6.45, 7) is 2.29. The summed E-state index contributed by atoms with van der Waals surface area (Å²) in [7, 11) is 0. The molecule has 3 N–H and O–H groups in total. The van der Waals surface area contributed by atoms with Gasteiger partial charge in [-0.15, -0.1) is 0 Å². The summed E-state index contributed by atoms with van der Waals surface area (Å²) in [4.78, 5) is 0. The summed E-state index contributed by atoms with van der Waals surface area (Å²) >= 11 is 0. The zero-order valence-corrected chi connectivity index (χ0v) is 10.7. The molecule has 4 nitrogen and oxygen atoms in total. The zero-order chi connectivity index (χ0) is 13.0. The molecule has 0 saturated heterocycles. The Hall–Kier alpha value is -1.71. The molecule has 4 heteroatoms. The lowest BCUT2D eigenvalue weighted by atomic mass is 9.89. The summed E-state index contributed by atoms with van der Waals surface area (Å²) in [5.74, 6) is 1.80. The Labute approximate surface area is 107 Å². The molecule has 1 fully saturated rings. The molecule has 0 atom stereocenters. The maximum Gasteiger partial charge on any atom is 0.170 e. The molecule has 1 aromatic carbocycles. The van der Waals surface area contributed by atoms with Crippen molar-refractivity contribution < 1.29 is 9.94 Å². The van der Waals surface area contributed by atoms with Crippen molar-refractivity contribution in [3.8, 4) is 5.75 Å². The van der Waals surface area contributed by atoms with Crippen LogP contribution < -0.4 is 10.5 Å². The van der Waals surface area contributed by atoms with Gasteiger partial charge in [0.25, 0.3) is 0 Å². The summed E-state index contributed by atoms with van der Waals surface area (Å²) in [5, 5.41) is 11.5. The predicted molar refractivity (Wildman–Crippen MR) is 71.0 cm³/mol. The molecule has 0 spiro atoms. The van der Waals surface area contributed by atoms with Crippen LogP contribution in [0.5, 0.6) is 5.75 Å². The molecule has 1 aromatic rings. The Morgan fingerprint density at radius 2 is 1.83 bits per heavy atom. The number of nitrogens with zero attached hydrogens (tertiary/aromatic N) is 1. The molecule has 18 heavy (non-hydrogen) atoms. The van der Waals surface area contributed by atoms with Crippen molar-refractivity contribution in [1.82, 2.24) is 0 Å². The quantitative estimate of drug-likeness (QED) is 0.374. The minimum atomic E-state index is 0.119. The molecular weight excluding hydrogens is 228 g/mol. The number of nitrogens with two attached hydrogens (primary N) is 1. The van der Waals surface area contributed by atoms with Crippen LogP contribution in [0, 0.1) is 5.92 Å². The lowest BCUT2D eigenvalue weighted by Gasteiger charge is -2.26. The molecule has 1 aliphatic rings. The van der Waals surface area contributed by atoms with E-state index in [-0.39, 0.29) is 5.84 Å². The molecule has 2 rings (SSSR count). The molecule has 0 bridgehead atoms. The molecule has 0 amide bonds. The van der Waals surface area contributed by atoms with E-state index < -0.39 is 0 Å². The van der Waals surface area contributed by atoms with Crippen molar-refractivity contribution in [2.45, 2.75) is 38.7 Å². The van der Waals surface area contributed by atoms with E-state index in [0.717, 1.165) is 24.5 Å². The number of hydrogen-bond acceptors (Lipinski definition) is 3. The van der Waals surface area contributed by atoms with Gasteiger partial charge < -0.3 is 15.7 Å². The van der Waals surface area contributed by atoms with E-state index in [1.807, 2.05) is 12.1 Å². The molecule has 98 valence electrons. The van der Waals surface area contributed by atoms with Gasteiger partial charge in [0.2, 0.25) is 0 Å². The minimum absolute atomic E-state index is 0.119. The van der Waals surface area contributed by atoms with E-state index in [9.17, 15) is 0 Å². The minimum Gasteiger partial charge on any atom is -0.490 e. The molecule has 0 aliphatic heterocycles. The van der Waals surface area contributed by atoms with Crippen LogP contribution in [0.15, 0.2) is 29.4 Å². The lowest BCUT2D eigenvalue weighted by Crippen LogP contribution is -2.23. The highest BCUT2D eigenvalue weighted by atomic mass is 16.5. The highest BCUT2D eigenvalue weighted by molar-refractivity contribution is 5.97. The zero-order valence-electron chi connectivity index (χ0n) is 10.7.